The Hall–Kier alpha value is -1.49. The van der Waals surface area contributed by atoms with Crippen LogP contribution in [0, 0.1) is 5.82 Å². The van der Waals surface area contributed by atoms with Gasteiger partial charge < -0.3 is 4.42 Å². The molecule has 0 aliphatic carbocycles. The molecule has 1 heterocycles. The average molecular weight is 197 g/mol. The number of benzene rings is 1. The fourth-order valence-electron chi connectivity index (χ4n) is 0.899. The van der Waals surface area contributed by atoms with Gasteiger partial charge in [0.05, 0.1) is 11.5 Å². The molecule has 0 N–H and O–H groups in total. The summed E-state index contributed by atoms with van der Waals surface area (Å²) in [5.41, 5.74) is 0.597. The van der Waals surface area contributed by atoms with Gasteiger partial charge in [0, 0.05) is 5.56 Å². The molecule has 0 unspecified atom stereocenters. The molecular weight excluding hydrogens is 193 g/mol. The molecule has 1 aromatic carbocycles. The molecule has 5 heteroatoms. The minimum absolute atomic E-state index is 0.231. The van der Waals surface area contributed by atoms with Crippen LogP contribution in [0.3, 0.4) is 0 Å². The summed E-state index contributed by atoms with van der Waals surface area (Å²) in [6.45, 7) is 0. The normalized spacial score (nSPS) is 10.2. The first-order valence-corrected chi connectivity index (χ1v) is 4.26. The van der Waals surface area contributed by atoms with Crippen LogP contribution in [-0.2, 0) is 0 Å². The van der Waals surface area contributed by atoms with E-state index < -0.39 is 4.94 Å². The van der Waals surface area contributed by atoms with E-state index in [1.54, 1.807) is 0 Å². The van der Waals surface area contributed by atoms with Gasteiger partial charge in [-0.05, 0) is 24.3 Å². The molecule has 0 fully saturated rings. The van der Waals surface area contributed by atoms with Gasteiger partial charge >= 0.3 is 4.94 Å². The Morgan fingerprint density at radius 2 is 2.00 bits per heavy atom. The van der Waals surface area contributed by atoms with E-state index in [0.29, 0.717) is 5.56 Å². The minimum atomic E-state index is -0.459. The van der Waals surface area contributed by atoms with Crippen molar-refractivity contribution in [1.82, 2.24) is 4.37 Å². The van der Waals surface area contributed by atoms with Crippen molar-refractivity contribution in [2.45, 2.75) is 0 Å². The van der Waals surface area contributed by atoms with Crippen LogP contribution in [0.25, 0.3) is 11.5 Å². The molecule has 0 radical (unpaired) electrons. The van der Waals surface area contributed by atoms with E-state index in [0.717, 1.165) is 11.5 Å². The fraction of sp³-hybridized carbons (Fsp3) is 0. The molecule has 2 rings (SSSR count). The van der Waals surface area contributed by atoms with Crippen molar-refractivity contribution in [1.29, 1.82) is 0 Å². The van der Waals surface area contributed by atoms with Crippen molar-refractivity contribution in [3.8, 4) is 11.5 Å². The van der Waals surface area contributed by atoms with Crippen LogP contribution in [0.15, 0.2) is 33.5 Å². The zero-order chi connectivity index (χ0) is 9.26. The highest BCUT2D eigenvalue weighted by molar-refractivity contribution is 7.02. The number of hydrogen-bond donors (Lipinski definition) is 0. The lowest BCUT2D eigenvalue weighted by molar-refractivity contribution is 0.542. The van der Waals surface area contributed by atoms with Crippen molar-refractivity contribution < 1.29 is 8.81 Å². The lowest BCUT2D eigenvalue weighted by Gasteiger charge is -1.92. The monoisotopic (exact) mass is 197 g/mol. The summed E-state index contributed by atoms with van der Waals surface area (Å²) in [6, 6.07) is 5.59. The first-order valence-electron chi connectivity index (χ1n) is 3.48. The fourth-order valence-corrected chi connectivity index (χ4v) is 1.32. The van der Waals surface area contributed by atoms with Crippen LogP contribution < -0.4 is 4.94 Å². The van der Waals surface area contributed by atoms with Crippen LogP contribution in [0.5, 0.6) is 0 Å². The summed E-state index contributed by atoms with van der Waals surface area (Å²) in [4.78, 5) is 10.2. The van der Waals surface area contributed by atoms with Gasteiger partial charge in [0.1, 0.15) is 5.82 Å². The Kier molecular flexibility index (Phi) is 1.94. The first kappa shape index (κ1) is 8.12. The van der Waals surface area contributed by atoms with Crippen LogP contribution in [-0.4, -0.2) is 4.37 Å². The van der Waals surface area contributed by atoms with Crippen LogP contribution in [0.4, 0.5) is 4.39 Å². The van der Waals surface area contributed by atoms with E-state index in [4.69, 9.17) is 4.42 Å². The molecule has 0 amide bonds. The van der Waals surface area contributed by atoms with Gasteiger partial charge in [-0.1, -0.05) is 0 Å². The molecular formula is C8H4FNO2S. The maximum absolute atomic E-state index is 12.5. The predicted octanol–water partition coefficient (Wildman–Crippen LogP) is 1.90. The summed E-state index contributed by atoms with van der Waals surface area (Å²) < 4.78 is 21.0. The maximum Gasteiger partial charge on any atom is 0.414 e. The van der Waals surface area contributed by atoms with Crippen molar-refractivity contribution >= 4 is 11.5 Å². The molecule has 1 aromatic heterocycles. The van der Waals surface area contributed by atoms with Crippen molar-refractivity contribution in [2.75, 3.05) is 0 Å². The van der Waals surface area contributed by atoms with Gasteiger partial charge in [0.25, 0.3) is 0 Å². The summed E-state index contributed by atoms with van der Waals surface area (Å²) in [5.74, 6) is -0.101. The SMILES string of the molecule is O=c1oc(-c2ccc(F)cc2)ns1. The van der Waals surface area contributed by atoms with E-state index in [1.165, 1.54) is 24.3 Å². The zero-order valence-corrected chi connectivity index (χ0v) is 7.18. The molecule has 2 aromatic rings. The molecule has 3 nitrogen and oxygen atoms in total. The molecule has 66 valence electrons. The van der Waals surface area contributed by atoms with E-state index in [2.05, 4.69) is 4.37 Å². The molecule has 0 saturated carbocycles. The van der Waals surface area contributed by atoms with E-state index in [-0.39, 0.29) is 11.7 Å². The van der Waals surface area contributed by atoms with Crippen molar-refractivity contribution in [3.05, 3.63) is 39.8 Å². The molecule has 0 bridgehead atoms. The highest BCUT2D eigenvalue weighted by Gasteiger charge is 2.04. The number of rotatable bonds is 1. The van der Waals surface area contributed by atoms with Gasteiger partial charge in [0.15, 0.2) is 0 Å². The standard InChI is InChI=1S/C8H4FNO2S/c9-6-3-1-5(2-4-6)7-10-13-8(11)12-7/h1-4H. The number of aromatic nitrogens is 1. The molecule has 0 aliphatic heterocycles. The molecule has 0 atom stereocenters. The Labute approximate surface area is 76.6 Å². The number of nitrogens with zero attached hydrogens (tertiary/aromatic N) is 1. The Balaban J connectivity index is 2.47. The molecule has 0 spiro atoms. The van der Waals surface area contributed by atoms with Crippen molar-refractivity contribution in [2.24, 2.45) is 0 Å². The van der Waals surface area contributed by atoms with Gasteiger partial charge in [0.2, 0.25) is 5.89 Å². The Bertz CT molecular complexity index is 459. The number of hydrogen-bond acceptors (Lipinski definition) is 4. The Morgan fingerprint density at radius 3 is 2.54 bits per heavy atom. The summed E-state index contributed by atoms with van der Waals surface area (Å²) in [6.07, 6.45) is 0. The van der Waals surface area contributed by atoms with Crippen LogP contribution >= 0.6 is 11.5 Å². The van der Waals surface area contributed by atoms with Gasteiger partial charge in [-0.15, -0.1) is 4.37 Å². The third kappa shape index (κ3) is 1.65. The second-order valence-corrected chi connectivity index (χ2v) is 3.05. The Morgan fingerprint density at radius 1 is 1.31 bits per heavy atom. The van der Waals surface area contributed by atoms with Gasteiger partial charge in [-0.25, -0.2) is 9.18 Å². The minimum Gasteiger partial charge on any atom is -0.394 e. The molecule has 13 heavy (non-hydrogen) atoms. The largest absolute Gasteiger partial charge is 0.414 e. The third-order valence-corrected chi connectivity index (χ3v) is 1.96. The van der Waals surface area contributed by atoms with Gasteiger partial charge in [-0.3, -0.25) is 0 Å². The van der Waals surface area contributed by atoms with Gasteiger partial charge in [-0.2, -0.15) is 0 Å². The number of halogens is 1. The van der Waals surface area contributed by atoms with Crippen LogP contribution in [0.2, 0.25) is 0 Å². The summed E-state index contributed by atoms with van der Waals surface area (Å²) in [5, 5.41) is 0. The van der Waals surface area contributed by atoms with E-state index >= 15 is 0 Å². The second kappa shape index (κ2) is 3.10. The third-order valence-electron chi connectivity index (χ3n) is 1.47. The lowest BCUT2D eigenvalue weighted by Crippen LogP contribution is -1.82. The zero-order valence-electron chi connectivity index (χ0n) is 6.36. The highest BCUT2D eigenvalue weighted by atomic mass is 32.1. The summed E-state index contributed by atoms with van der Waals surface area (Å²) >= 11 is 0.737. The topological polar surface area (TPSA) is 43.1 Å². The quantitative estimate of drug-likeness (QED) is 0.701. The highest BCUT2D eigenvalue weighted by Crippen LogP contribution is 2.16. The van der Waals surface area contributed by atoms with E-state index in [9.17, 15) is 9.18 Å². The van der Waals surface area contributed by atoms with Crippen molar-refractivity contribution in [3.63, 3.8) is 0 Å². The van der Waals surface area contributed by atoms with E-state index in [1.807, 2.05) is 0 Å². The molecule has 0 aliphatic rings. The summed E-state index contributed by atoms with van der Waals surface area (Å²) in [7, 11) is 0. The predicted molar refractivity (Wildman–Crippen MR) is 46.0 cm³/mol. The average Bonchev–Trinajstić information content (AvgIpc) is 2.53. The first-order chi connectivity index (χ1) is 6.25. The smallest absolute Gasteiger partial charge is 0.394 e. The maximum atomic E-state index is 12.5. The van der Waals surface area contributed by atoms with Crippen LogP contribution in [0.1, 0.15) is 0 Å². The lowest BCUT2D eigenvalue weighted by atomic mass is 10.2. The second-order valence-electron chi connectivity index (χ2n) is 2.35. The molecule has 0 saturated heterocycles.